The van der Waals surface area contributed by atoms with Crippen LogP contribution in [0.5, 0.6) is 0 Å². The maximum absolute atomic E-state index is 12.3. The first-order chi connectivity index (χ1) is 9.02. The minimum Gasteiger partial charge on any atom is -0.313 e. The van der Waals surface area contributed by atoms with Gasteiger partial charge in [0.2, 0.25) is 0 Å². The number of nitrogens with one attached hydrogen (secondary N) is 1. The molecule has 0 atom stereocenters. The quantitative estimate of drug-likeness (QED) is 0.714. The SMILES string of the molecule is CCCCCN(C)S(=O)(=O)c1cc(CNCC)cs1. The highest BCUT2D eigenvalue weighted by Gasteiger charge is 2.22. The van der Waals surface area contributed by atoms with E-state index >= 15 is 0 Å². The predicted octanol–water partition coefficient (Wildman–Crippen LogP) is 2.67. The highest BCUT2D eigenvalue weighted by molar-refractivity contribution is 7.91. The maximum atomic E-state index is 12.3. The van der Waals surface area contributed by atoms with Gasteiger partial charge in [-0.1, -0.05) is 26.7 Å². The van der Waals surface area contributed by atoms with Gasteiger partial charge < -0.3 is 5.32 Å². The van der Waals surface area contributed by atoms with Crippen LogP contribution >= 0.6 is 11.3 Å². The van der Waals surface area contributed by atoms with Gasteiger partial charge in [0, 0.05) is 20.1 Å². The zero-order valence-electron chi connectivity index (χ0n) is 12.0. The molecule has 0 amide bonds. The van der Waals surface area contributed by atoms with Crippen LogP contribution in [-0.2, 0) is 16.6 Å². The molecule has 1 N–H and O–H groups in total. The van der Waals surface area contributed by atoms with Crippen LogP contribution in [0.25, 0.3) is 0 Å². The molecule has 0 aliphatic carbocycles. The zero-order chi connectivity index (χ0) is 14.3. The van der Waals surface area contributed by atoms with Gasteiger partial charge in [-0.3, -0.25) is 0 Å². The fraction of sp³-hybridized carbons (Fsp3) is 0.692. The van der Waals surface area contributed by atoms with Crippen molar-refractivity contribution in [2.24, 2.45) is 0 Å². The van der Waals surface area contributed by atoms with Gasteiger partial charge in [-0.15, -0.1) is 11.3 Å². The van der Waals surface area contributed by atoms with Crippen LogP contribution in [0.1, 0.15) is 38.7 Å². The van der Waals surface area contributed by atoms with E-state index in [1.807, 2.05) is 12.3 Å². The highest BCUT2D eigenvalue weighted by atomic mass is 32.2. The number of sulfonamides is 1. The Labute approximate surface area is 120 Å². The van der Waals surface area contributed by atoms with E-state index in [9.17, 15) is 8.42 Å². The van der Waals surface area contributed by atoms with Crippen molar-refractivity contribution in [3.63, 3.8) is 0 Å². The molecule has 0 spiro atoms. The first-order valence-electron chi connectivity index (χ1n) is 6.76. The molecular formula is C13H24N2O2S2. The highest BCUT2D eigenvalue weighted by Crippen LogP contribution is 2.23. The molecule has 0 aliphatic rings. The molecule has 0 aliphatic heterocycles. The van der Waals surface area contributed by atoms with E-state index in [2.05, 4.69) is 12.2 Å². The van der Waals surface area contributed by atoms with Crippen LogP contribution in [0.3, 0.4) is 0 Å². The zero-order valence-corrected chi connectivity index (χ0v) is 13.6. The van der Waals surface area contributed by atoms with Crippen LogP contribution in [0.15, 0.2) is 15.7 Å². The average Bonchev–Trinajstić information content (AvgIpc) is 2.85. The van der Waals surface area contributed by atoms with Crippen LogP contribution in [0, 0.1) is 0 Å². The van der Waals surface area contributed by atoms with E-state index < -0.39 is 10.0 Å². The molecule has 0 saturated carbocycles. The van der Waals surface area contributed by atoms with E-state index in [1.165, 1.54) is 15.6 Å². The molecule has 19 heavy (non-hydrogen) atoms. The minimum absolute atomic E-state index is 0.444. The maximum Gasteiger partial charge on any atom is 0.252 e. The Balaban J connectivity index is 2.68. The van der Waals surface area contributed by atoms with Crippen molar-refractivity contribution in [2.75, 3.05) is 20.1 Å². The molecule has 0 saturated heterocycles. The van der Waals surface area contributed by atoms with Crippen molar-refractivity contribution in [3.05, 3.63) is 17.0 Å². The summed E-state index contributed by atoms with van der Waals surface area (Å²) in [5, 5.41) is 5.11. The lowest BCUT2D eigenvalue weighted by atomic mass is 10.2. The van der Waals surface area contributed by atoms with E-state index in [0.717, 1.165) is 37.9 Å². The number of unbranched alkanes of at least 4 members (excludes halogenated alkanes) is 2. The Morgan fingerprint density at radius 3 is 2.68 bits per heavy atom. The van der Waals surface area contributed by atoms with Crippen molar-refractivity contribution >= 4 is 21.4 Å². The van der Waals surface area contributed by atoms with Gasteiger partial charge in [0.1, 0.15) is 4.21 Å². The second-order valence-corrected chi connectivity index (χ2v) is 7.77. The predicted molar refractivity (Wildman–Crippen MR) is 81.0 cm³/mol. The number of rotatable bonds is 9. The largest absolute Gasteiger partial charge is 0.313 e. The summed E-state index contributed by atoms with van der Waals surface area (Å²) in [5.41, 5.74) is 1.03. The molecule has 0 radical (unpaired) electrons. The van der Waals surface area contributed by atoms with Crippen LogP contribution in [0.2, 0.25) is 0 Å². The molecule has 1 aromatic heterocycles. The summed E-state index contributed by atoms with van der Waals surface area (Å²) in [6, 6.07) is 1.78. The smallest absolute Gasteiger partial charge is 0.252 e. The summed E-state index contributed by atoms with van der Waals surface area (Å²) in [5.74, 6) is 0. The fourth-order valence-corrected chi connectivity index (χ4v) is 4.34. The number of hydrogen-bond donors (Lipinski definition) is 1. The van der Waals surface area contributed by atoms with Gasteiger partial charge in [-0.25, -0.2) is 12.7 Å². The summed E-state index contributed by atoms with van der Waals surface area (Å²) < 4.78 is 26.6. The summed E-state index contributed by atoms with van der Waals surface area (Å²) in [7, 11) is -1.64. The van der Waals surface area contributed by atoms with Gasteiger partial charge in [0.25, 0.3) is 10.0 Å². The second-order valence-electron chi connectivity index (χ2n) is 4.59. The molecule has 0 fully saturated rings. The van der Waals surface area contributed by atoms with Gasteiger partial charge >= 0.3 is 0 Å². The molecule has 110 valence electrons. The molecule has 4 nitrogen and oxygen atoms in total. The summed E-state index contributed by atoms with van der Waals surface area (Å²) in [4.78, 5) is 0. The lowest BCUT2D eigenvalue weighted by molar-refractivity contribution is 0.455. The third kappa shape index (κ3) is 4.87. The Morgan fingerprint density at radius 1 is 1.32 bits per heavy atom. The van der Waals surface area contributed by atoms with E-state index in [4.69, 9.17) is 0 Å². The van der Waals surface area contributed by atoms with Crippen LogP contribution in [-0.4, -0.2) is 32.9 Å². The summed E-state index contributed by atoms with van der Waals surface area (Å²) in [6.07, 6.45) is 3.08. The average molecular weight is 304 g/mol. The molecule has 0 aromatic carbocycles. The van der Waals surface area contributed by atoms with E-state index in [1.54, 1.807) is 13.1 Å². The minimum atomic E-state index is -3.30. The van der Waals surface area contributed by atoms with Crippen molar-refractivity contribution in [1.82, 2.24) is 9.62 Å². The number of thiophene rings is 1. The Bertz CT molecular complexity index is 469. The third-order valence-corrected chi connectivity index (χ3v) is 6.27. The van der Waals surface area contributed by atoms with Crippen LogP contribution < -0.4 is 5.32 Å². The summed E-state index contributed by atoms with van der Waals surface area (Å²) in [6.45, 7) is 6.35. The molecule has 0 bridgehead atoms. The molecule has 6 heteroatoms. The second kappa shape index (κ2) is 7.99. The van der Waals surface area contributed by atoms with Crippen molar-refractivity contribution < 1.29 is 8.42 Å². The van der Waals surface area contributed by atoms with Gasteiger partial charge in [0.05, 0.1) is 0 Å². The van der Waals surface area contributed by atoms with E-state index in [-0.39, 0.29) is 0 Å². The monoisotopic (exact) mass is 304 g/mol. The van der Waals surface area contributed by atoms with Crippen molar-refractivity contribution in [2.45, 2.75) is 43.9 Å². The normalized spacial score (nSPS) is 12.2. The first kappa shape index (κ1) is 16.6. The Hall–Kier alpha value is -0.430. The standard InChI is InChI=1S/C13H24N2O2S2/c1-4-6-7-8-15(3)19(16,17)13-9-12(11-18-13)10-14-5-2/h9,11,14H,4-8,10H2,1-3H3. The van der Waals surface area contributed by atoms with Crippen LogP contribution in [0.4, 0.5) is 0 Å². The third-order valence-electron chi connectivity index (χ3n) is 2.95. The van der Waals surface area contributed by atoms with Crippen molar-refractivity contribution in [1.29, 1.82) is 0 Å². The van der Waals surface area contributed by atoms with Gasteiger partial charge in [-0.2, -0.15) is 0 Å². The molecule has 1 heterocycles. The number of hydrogen-bond acceptors (Lipinski definition) is 4. The fourth-order valence-electron chi connectivity index (χ4n) is 1.71. The molecular weight excluding hydrogens is 280 g/mol. The molecule has 1 rings (SSSR count). The Morgan fingerprint density at radius 2 is 2.05 bits per heavy atom. The topological polar surface area (TPSA) is 49.4 Å². The first-order valence-corrected chi connectivity index (χ1v) is 9.08. The van der Waals surface area contributed by atoms with E-state index in [0.29, 0.717) is 10.8 Å². The van der Waals surface area contributed by atoms with Crippen molar-refractivity contribution in [3.8, 4) is 0 Å². The Kier molecular flexibility index (Phi) is 6.99. The van der Waals surface area contributed by atoms with Gasteiger partial charge in [0.15, 0.2) is 0 Å². The lowest BCUT2D eigenvalue weighted by Gasteiger charge is -2.15. The van der Waals surface area contributed by atoms with Gasteiger partial charge in [-0.05, 0) is 30.0 Å². The summed E-state index contributed by atoms with van der Waals surface area (Å²) >= 11 is 1.30. The lowest BCUT2D eigenvalue weighted by Crippen LogP contribution is -2.27. The molecule has 0 unspecified atom stereocenters. The molecule has 1 aromatic rings. The number of nitrogens with zero attached hydrogens (tertiary/aromatic N) is 1.